The summed E-state index contributed by atoms with van der Waals surface area (Å²) in [6.45, 7) is 2.29. The van der Waals surface area contributed by atoms with Gasteiger partial charge in [-0.2, -0.15) is 8.42 Å². The Morgan fingerprint density at radius 1 is 0.800 bits per heavy atom. The summed E-state index contributed by atoms with van der Waals surface area (Å²) in [5.41, 5.74) is 0. The first kappa shape index (κ1) is 28.9. The van der Waals surface area contributed by atoms with Gasteiger partial charge in [-0.15, -0.1) is 0 Å². The Balaban J connectivity index is -0.000000158. The number of rotatable bonds is 10. The fraction of sp³-hybridized carbons (Fsp3) is 1.00. The molecule has 122 valence electrons. The molecule has 0 spiro atoms. The Bertz CT molecular complexity index is 232. The van der Waals surface area contributed by atoms with Gasteiger partial charge in [-0.25, -0.2) is 0 Å². The number of hydrogen-bond acceptors (Lipinski definition) is 3. The second-order valence-electron chi connectivity index (χ2n) is 4.63. The second kappa shape index (κ2) is 22.1. The molecule has 0 saturated carbocycles. The van der Waals surface area contributed by atoms with Crippen LogP contribution >= 0.6 is 0 Å². The van der Waals surface area contributed by atoms with E-state index in [1.54, 1.807) is 0 Å². The van der Waals surface area contributed by atoms with Gasteiger partial charge in [-0.1, -0.05) is 0 Å². The van der Waals surface area contributed by atoms with E-state index >= 15 is 0 Å². The summed E-state index contributed by atoms with van der Waals surface area (Å²) < 4.78 is 33.1. The summed E-state index contributed by atoms with van der Waals surface area (Å²) in [4.78, 5) is 0. The molecule has 0 radical (unpaired) electrons. The summed E-state index contributed by atoms with van der Waals surface area (Å²) in [5, 5.41) is 0. The summed E-state index contributed by atoms with van der Waals surface area (Å²) in [5.74, 6) is 0. The minimum Gasteiger partial charge on any atom is -0.412 e. The van der Waals surface area contributed by atoms with Crippen molar-refractivity contribution in [2.75, 3.05) is 0 Å². The van der Waals surface area contributed by atoms with Crippen LogP contribution in [0.15, 0.2) is 0 Å². The van der Waals surface area contributed by atoms with E-state index in [9.17, 15) is 0 Å². The van der Waals surface area contributed by atoms with E-state index in [0.29, 0.717) is 0 Å². The molecule has 0 heterocycles. The van der Waals surface area contributed by atoms with E-state index in [1.807, 2.05) is 0 Å². The molecule has 8 heteroatoms. The van der Waals surface area contributed by atoms with Gasteiger partial charge in [0.05, 0.1) is 0 Å². The van der Waals surface area contributed by atoms with Gasteiger partial charge in [0.2, 0.25) is 0 Å². The fourth-order valence-corrected chi connectivity index (χ4v) is 2.24. The number of hydrogen-bond donors (Lipinski definition) is 3. The maximum atomic E-state index is 8.74. The van der Waals surface area contributed by atoms with Crippen molar-refractivity contribution in [2.45, 2.75) is 74.8 Å². The van der Waals surface area contributed by atoms with Crippen molar-refractivity contribution in [3.8, 4) is 0 Å². The standard InChI is InChI=1S/C12H25.H3N.Na.H2O4S.H2O/c1-3-5-7-9-11-12-10-8-6-4-2;;;1-5(2,3)4;/h1,3-12H2,2H3;1H3;;(H2,1,2,3,4);1H2. The predicted octanol–water partition coefficient (Wildman–Crippen LogP) is 3.18. The maximum Gasteiger partial charge on any atom is 0.394 e. The van der Waals surface area contributed by atoms with Crippen LogP contribution in [-0.2, 0) is 10.4 Å². The van der Waals surface area contributed by atoms with Crippen LogP contribution in [0.25, 0.3) is 0 Å². The van der Waals surface area contributed by atoms with Crippen molar-refractivity contribution in [2.24, 2.45) is 0 Å². The Hall–Kier alpha value is 0.790. The van der Waals surface area contributed by atoms with Gasteiger partial charge in [0.15, 0.2) is 0 Å². The van der Waals surface area contributed by atoms with E-state index in [0.717, 1.165) is 0 Å². The van der Waals surface area contributed by atoms with Crippen molar-refractivity contribution in [1.82, 2.24) is 6.15 Å². The topological polar surface area (TPSA) is 141 Å². The van der Waals surface area contributed by atoms with Crippen LogP contribution in [0.1, 0.15) is 71.1 Å². The first-order valence-electron chi connectivity index (χ1n) is 7.11. The third kappa shape index (κ3) is 51.1. The van der Waals surface area contributed by atoms with Crippen LogP contribution in [0.5, 0.6) is 0 Å². The van der Waals surface area contributed by atoms with Gasteiger partial charge in [0.25, 0.3) is 0 Å². The second-order valence-corrected chi connectivity index (χ2v) is 6.53. The molecule has 0 atom stereocenters. The largest absolute Gasteiger partial charge is 0.412 e. The Morgan fingerprint density at radius 2 is 1.05 bits per heavy atom. The SMILES string of the molecule is CCCCCCCCCCC[CH2][Na].N.O.O=S(=O)(O)O. The minimum atomic E-state index is -4.67. The number of unbranched alkanes of at least 4 members (excludes halogenated alkanes) is 9. The van der Waals surface area contributed by atoms with Gasteiger partial charge >= 0.3 is 113 Å². The van der Waals surface area contributed by atoms with Gasteiger partial charge in [-0.3, -0.25) is 9.11 Å². The monoisotopic (exact) mass is 325 g/mol. The third-order valence-electron chi connectivity index (χ3n) is 2.71. The van der Waals surface area contributed by atoms with Crippen molar-refractivity contribution in [3.63, 3.8) is 0 Å². The molecule has 0 rings (SSSR count). The zero-order valence-electron chi connectivity index (χ0n) is 13.1. The maximum absolute atomic E-state index is 8.74. The molecule has 0 aliphatic heterocycles. The molecule has 0 saturated heterocycles. The van der Waals surface area contributed by atoms with Crippen molar-refractivity contribution >= 4 is 38.3 Å². The fourth-order valence-electron chi connectivity index (χ4n) is 1.74. The molecule has 0 aliphatic carbocycles. The van der Waals surface area contributed by atoms with Crippen LogP contribution in [0.3, 0.4) is 0 Å². The van der Waals surface area contributed by atoms with Crippen molar-refractivity contribution in [1.29, 1.82) is 0 Å². The Kier molecular flexibility index (Phi) is 31.9. The van der Waals surface area contributed by atoms with Crippen molar-refractivity contribution in [3.05, 3.63) is 0 Å². The molecule has 0 amide bonds. The average molecular weight is 325 g/mol. The molecular weight excluding hydrogens is 293 g/mol. The molecule has 0 aliphatic rings. The third-order valence-corrected chi connectivity index (χ3v) is 3.41. The smallest absolute Gasteiger partial charge is 0.394 e. The van der Waals surface area contributed by atoms with E-state index in [4.69, 9.17) is 17.5 Å². The van der Waals surface area contributed by atoms with Crippen molar-refractivity contribution < 1.29 is 23.0 Å². The van der Waals surface area contributed by atoms with Crippen LogP contribution in [0, 0.1) is 0 Å². The zero-order valence-corrected chi connectivity index (χ0v) is 15.9. The van der Waals surface area contributed by atoms with Gasteiger partial charge in [-0.05, 0) is 0 Å². The molecule has 0 bridgehead atoms. The van der Waals surface area contributed by atoms with E-state index in [1.165, 1.54) is 95.8 Å². The normalized spacial score (nSPS) is 9.85. The summed E-state index contributed by atoms with van der Waals surface area (Å²) >= 11 is 1.41. The molecule has 0 fully saturated rings. The van der Waals surface area contributed by atoms with Crippen LogP contribution < -0.4 is 6.15 Å². The quantitative estimate of drug-likeness (QED) is 0.321. The zero-order chi connectivity index (χ0) is 14.3. The van der Waals surface area contributed by atoms with E-state index < -0.39 is 10.4 Å². The Morgan fingerprint density at radius 3 is 1.30 bits per heavy atom. The van der Waals surface area contributed by atoms with E-state index in [-0.39, 0.29) is 11.6 Å². The molecule has 0 aromatic heterocycles. The van der Waals surface area contributed by atoms with Gasteiger partial charge < -0.3 is 11.6 Å². The molecule has 0 aromatic rings. The van der Waals surface area contributed by atoms with Crippen LogP contribution in [0.4, 0.5) is 0 Å². The molecule has 6 nitrogen and oxygen atoms in total. The average Bonchev–Trinajstić information content (AvgIpc) is 2.25. The summed E-state index contributed by atoms with van der Waals surface area (Å²) in [7, 11) is -4.67. The van der Waals surface area contributed by atoms with Gasteiger partial charge in [0, 0.05) is 0 Å². The van der Waals surface area contributed by atoms with E-state index in [2.05, 4.69) is 6.92 Å². The minimum absolute atomic E-state index is 0. The molecule has 7 N–H and O–H groups in total. The predicted molar refractivity (Wildman–Crippen MR) is 85.2 cm³/mol. The Labute approximate surface area is 142 Å². The first-order valence-corrected chi connectivity index (χ1v) is 9.92. The molecule has 0 unspecified atom stereocenters. The van der Waals surface area contributed by atoms with Crippen LogP contribution in [0.2, 0.25) is 3.67 Å². The van der Waals surface area contributed by atoms with Crippen LogP contribution in [-0.4, -0.2) is 50.9 Å². The molecule has 20 heavy (non-hydrogen) atoms. The summed E-state index contributed by atoms with van der Waals surface area (Å²) in [6.07, 6.45) is 14.7. The molecular formula is C12H32NNaO5S. The van der Waals surface area contributed by atoms with Gasteiger partial charge in [0.1, 0.15) is 0 Å². The summed E-state index contributed by atoms with van der Waals surface area (Å²) in [6, 6.07) is 0. The first-order chi connectivity index (χ1) is 8.41. The molecule has 0 aromatic carbocycles.